The fourth-order valence-corrected chi connectivity index (χ4v) is 2.48. The van der Waals surface area contributed by atoms with E-state index in [0.29, 0.717) is 9.89 Å². The number of benzene rings is 1. The van der Waals surface area contributed by atoms with Crippen molar-refractivity contribution in [3.05, 3.63) is 34.1 Å². The summed E-state index contributed by atoms with van der Waals surface area (Å²) in [5.74, 6) is -0.229. The summed E-state index contributed by atoms with van der Waals surface area (Å²) in [6.45, 7) is 1.94. The molecule has 0 aliphatic heterocycles. The lowest BCUT2D eigenvalue weighted by molar-refractivity contribution is 0.245. The number of hydrogen-bond donors (Lipinski definition) is 2. The molecule has 0 bridgehead atoms. The molecule has 0 heterocycles. The maximum absolute atomic E-state index is 13.0. The molecule has 2 N–H and O–H groups in total. The van der Waals surface area contributed by atoms with Crippen LogP contribution in [0.25, 0.3) is 0 Å². The van der Waals surface area contributed by atoms with Crippen LogP contribution in [0.5, 0.6) is 0 Å². The molecule has 1 aromatic rings. The smallest absolute Gasteiger partial charge is 0.137 e. The second-order valence-corrected chi connectivity index (χ2v) is 5.68. The van der Waals surface area contributed by atoms with Gasteiger partial charge >= 0.3 is 0 Å². The molecule has 1 aliphatic carbocycles. The third-order valence-corrected chi connectivity index (χ3v) is 4.02. The average Bonchev–Trinajstić information content (AvgIpc) is 3.04. The van der Waals surface area contributed by atoms with Crippen molar-refractivity contribution in [2.75, 3.05) is 13.2 Å². The predicted octanol–water partition coefficient (Wildman–Crippen LogP) is 2.84. The first kappa shape index (κ1) is 13.0. The molecule has 2 nitrogen and oxygen atoms in total. The Kier molecular flexibility index (Phi) is 4.17. The van der Waals surface area contributed by atoms with E-state index in [2.05, 4.69) is 21.2 Å². The molecule has 17 heavy (non-hydrogen) atoms. The SMILES string of the molecule is OCCC1(CNCc2ccc(F)c(Br)c2)CC1. The van der Waals surface area contributed by atoms with E-state index in [0.717, 1.165) is 25.1 Å². The minimum Gasteiger partial charge on any atom is -0.396 e. The zero-order chi connectivity index (χ0) is 12.3. The van der Waals surface area contributed by atoms with Gasteiger partial charge < -0.3 is 10.4 Å². The molecular formula is C13H17BrFNO. The zero-order valence-electron chi connectivity index (χ0n) is 9.68. The van der Waals surface area contributed by atoms with Gasteiger partial charge in [0.25, 0.3) is 0 Å². The minimum atomic E-state index is -0.229. The largest absolute Gasteiger partial charge is 0.396 e. The van der Waals surface area contributed by atoms with Gasteiger partial charge in [-0.05, 0) is 58.3 Å². The van der Waals surface area contributed by atoms with Crippen molar-refractivity contribution >= 4 is 15.9 Å². The Morgan fingerprint density at radius 1 is 1.41 bits per heavy atom. The fraction of sp³-hybridized carbons (Fsp3) is 0.538. The summed E-state index contributed by atoms with van der Waals surface area (Å²) in [6.07, 6.45) is 3.29. The molecule has 1 aliphatic rings. The number of nitrogens with one attached hydrogen (secondary N) is 1. The van der Waals surface area contributed by atoms with Gasteiger partial charge in [-0.1, -0.05) is 6.07 Å². The number of aliphatic hydroxyl groups is 1. The Morgan fingerprint density at radius 2 is 2.18 bits per heavy atom. The molecule has 0 spiro atoms. The highest BCUT2D eigenvalue weighted by molar-refractivity contribution is 9.10. The first-order valence-electron chi connectivity index (χ1n) is 5.91. The van der Waals surface area contributed by atoms with Gasteiger partial charge in [-0.2, -0.15) is 0 Å². The molecular weight excluding hydrogens is 285 g/mol. The molecule has 0 amide bonds. The van der Waals surface area contributed by atoms with E-state index in [1.54, 1.807) is 12.1 Å². The molecule has 0 saturated heterocycles. The minimum absolute atomic E-state index is 0.229. The second-order valence-electron chi connectivity index (χ2n) is 4.83. The number of rotatable bonds is 6. The highest BCUT2D eigenvalue weighted by Gasteiger charge is 2.41. The van der Waals surface area contributed by atoms with Crippen molar-refractivity contribution in [1.29, 1.82) is 0 Å². The second kappa shape index (κ2) is 5.46. The third kappa shape index (κ3) is 3.50. The zero-order valence-corrected chi connectivity index (χ0v) is 11.3. The molecule has 0 atom stereocenters. The molecule has 0 radical (unpaired) electrons. The van der Waals surface area contributed by atoms with E-state index in [-0.39, 0.29) is 12.4 Å². The Morgan fingerprint density at radius 3 is 2.76 bits per heavy atom. The van der Waals surface area contributed by atoms with E-state index in [4.69, 9.17) is 5.11 Å². The third-order valence-electron chi connectivity index (χ3n) is 3.41. The van der Waals surface area contributed by atoms with Gasteiger partial charge in [0, 0.05) is 19.7 Å². The van der Waals surface area contributed by atoms with Crippen LogP contribution in [-0.2, 0) is 6.54 Å². The van der Waals surface area contributed by atoms with Crippen LogP contribution < -0.4 is 5.32 Å². The van der Waals surface area contributed by atoms with Crippen LogP contribution in [0.15, 0.2) is 22.7 Å². The molecule has 94 valence electrons. The van der Waals surface area contributed by atoms with Crippen LogP contribution in [-0.4, -0.2) is 18.3 Å². The summed E-state index contributed by atoms with van der Waals surface area (Å²) in [4.78, 5) is 0. The summed E-state index contributed by atoms with van der Waals surface area (Å²) < 4.78 is 13.5. The highest BCUT2D eigenvalue weighted by Crippen LogP contribution is 2.47. The summed E-state index contributed by atoms with van der Waals surface area (Å²) in [5, 5.41) is 12.3. The van der Waals surface area contributed by atoms with Gasteiger partial charge in [0.1, 0.15) is 5.82 Å². The van der Waals surface area contributed by atoms with Crippen LogP contribution in [0.3, 0.4) is 0 Å². The van der Waals surface area contributed by atoms with Gasteiger partial charge in [-0.3, -0.25) is 0 Å². The first-order valence-corrected chi connectivity index (χ1v) is 6.70. The van der Waals surface area contributed by atoms with E-state index >= 15 is 0 Å². The topological polar surface area (TPSA) is 32.3 Å². The maximum atomic E-state index is 13.0. The molecule has 2 rings (SSSR count). The Bertz CT molecular complexity index is 393. The maximum Gasteiger partial charge on any atom is 0.137 e. The van der Waals surface area contributed by atoms with Crippen molar-refractivity contribution in [2.24, 2.45) is 5.41 Å². The van der Waals surface area contributed by atoms with E-state index < -0.39 is 0 Å². The molecule has 4 heteroatoms. The quantitative estimate of drug-likeness (QED) is 0.847. The van der Waals surface area contributed by atoms with Crippen LogP contribution in [0.2, 0.25) is 0 Å². The van der Waals surface area contributed by atoms with Crippen molar-refractivity contribution in [3.63, 3.8) is 0 Å². The van der Waals surface area contributed by atoms with Crippen molar-refractivity contribution in [3.8, 4) is 0 Å². The lowest BCUT2D eigenvalue weighted by Crippen LogP contribution is -2.24. The van der Waals surface area contributed by atoms with Gasteiger partial charge in [0.2, 0.25) is 0 Å². The van der Waals surface area contributed by atoms with Crippen LogP contribution in [0, 0.1) is 11.2 Å². The molecule has 0 aromatic heterocycles. The summed E-state index contributed by atoms with van der Waals surface area (Å²) in [7, 11) is 0. The summed E-state index contributed by atoms with van der Waals surface area (Å²) in [6, 6.07) is 5.06. The van der Waals surface area contributed by atoms with Gasteiger partial charge in [0.15, 0.2) is 0 Å². The molecule has 1 fully saturated rings. The number of aliphatic hydroxyl groups excluding tert-OH is 1. The van der Waals surface area contributed by atoms with E-state index in [1.165, 1.54) is 18.9 Å². The normalized spacial score (nSPS) is 17.1. The van der Waals surface area contributed by atoms with Gasteiger partial charge in [0.05, 0.1) is 4.47 Å². The van der Waals surface area contributed by atoms with E-state index in [1.807, 2.05) is 0 Å². The predicted molar refractivity (Wildman–Crippen MR) is 69.2 cm³/mol. The standard InChI is InChI=1S/C13H17BrFNO/c14-11-7-10(1-2-12(11)15)8-16-9-13(3-4-13)5-6-17/h1-2,7,16-17H,3-6,8-9H2. The molecule has 0 unspecified atom stereocenters. The molecule has 1 saturated carbocycles. The Labute approximate surface area is 109 Å². The lowest BCUT2D eigenvalue weighted by atomic mass is 10.0. The van der Waals surface area contributed by atoms with Crippen LogP contribution in [0.4, 0.5) is 4.39 Å². The average molecular weight is 302 g/mol. The Balaban J connectivity index is 1.80. The van der Waals surface area contributed by atoms with Crippen molar-refractivity contribution in [2.45, 2.75) is 25.8 Å². The summed E-state index contributed by atoms with van der Waals surface area (Å²) in [5.41, 5.74) is 1.39. The Hall–Kier alpha value is -0.450. The fourth-order valence-electron chi connectivity index (χ4n) is 2.05. The first-order chi connectivity index (χ1) is 8.15. The van der Waals surface area contributed by atoms with Crippen LogP contribution >= 0.6 is 15.9 Å². The summed E-state index contributed by atoms with van der Waals surface area (Å²) >= 11 is 3.18. The van der Waals surface area contributed by atoms with Crippen molar-refractivity contribution in [1.82, 2.24) is 5.32 Å². The number of halogens is 2. The molecule has 1 aromatic carbocycles. The van der Waals surface area contributed by atoms with Crippen LogP contribution in [0.1, 0.15) is 24.8 Å². The number of hydrogen-bond acceptors (Lipinski definition) is 2. The highest BCUT2D eigenvalue weighted by atomic mass is 79.9. The van der Waals surface area contributed by atoms with Gasteiger partial charge in [-0.15, -0.1) is 0 Å². The van der Waals surface area contributed by atoms with Gasteiger partial charge in [-0.25, -0.2) is 4.39 Å². The van der Waals surface area contributed by atoms with Crippen molar-refractivity contribution < 1.29 is 9.50 Å². The van der Waals surface area contributed by atoms with E-state index in [9.17, 15) is 4.39 Å². The lowest BCUT2D eigenvalue weighted by Gasteiger charge is -2.14. The monoisotopic (exact) mass is 301 g/mol.